The number of alkyl halides is 6. The highest BCUT2D eigenvalue weighted by Crippen LogP contribution is 2.43. The van der Waals surface area contributed by atoms with Crippen LogP contribution < -0.4 is 4.74 Å². The van der Waals surface area contributed by atoms with Crippen molar-refractivity contribution in [3.8, 4) is 17.3 Å². The van der Waals surface area contributed by atoms with Crippen LogP contribution >= 0.6 is 11.8 Å². The first-order valence-corrected chi connectivity index (χ1v) is 9.12. The minimum Gasteiger partial charge on any atom is -0.480 e. The molecule has 0 aliphatic heterocycles. The highest BCUT2D eigenvalue weighted by molar-refractivity contribution is 7.99. The summed E-state index contributed by atoms with van der Waals surface area (Å²) in [6.07, 6.45) is -8.61. The number of benzene rings is 1. The van der Waals surface area contributed by atoms with E-state index < -0.39 is 34.5 Å². The lowest BCUT2D eigenvalue weighted by Gasteiger charge is -2.16. The molecule has 0 amide bonds. The number of ether oxygens (including phenoxy) is 1. The number of rotatable bonds is 4. The van der Waals surface area contributed by atoms with Crippen LogP contribution in [0.3, 0.4) is 0 Å². The monoisotopic (exact) mass is 445 g/mol. The van der Waals surface area contributed by atoms with Crippen molar-refractivity contribution in [2.24, 2.45) is 0 Å². The van der Waals surface area contributed by atoms with Gasteiger partial charge in [-0.15, -0.1) is 0 Å². The van der Waals surface area contributed by atoms with E-state index in [-0.39, 0.29) is 11.4 Å². The van der Waals surface area contributed by atoms with Gasteiger partial charge in [-0.1, -0.05) is 29.5 Å². The summed E-state index contributed by atoms with van der Waals surface area (Å²) in [5.74, 6) is -0.974. The zero-order chi connectivity index (χ0) is 22.1. The van der Waals surface area contributed by atoms with E-state index in [9.17, 15) is 26.3 Å². The van der Waals surface area contributed by atoms with Gasteiger partial charge in [0.25, 0.3) is 0 Å². The highest BCUT2D eigenvalue weighted by atomic mass is 32.2. The van der Waals surface area contributed by atoms with E-state index in [0.29, 0.717) is 11.0 Å². The van der Waals surface area contributed by atoms with Crippen molar-refractivity contribution < 1.29 is 31.1 Å². The summed E-state index contributed by atoms with van der Waals surface area (Å²) in [4.78, 5) is 11.5. The molecule has 0 bridgehead atoms. The van der Waals surface area contributed by atoms with Crippen molar-refractivity contribution in [1.82, 2.24) is 15.0 Å². The number of pyridine rings is 1. The van der Waals surface area contributed by atoms with Crippen molar-refractivity contribution in [3.63, 3.8) is 0 Å². The third-order valence-electron chi connectivity index (χ3n) is 3.87. The standard InChI is InChI=1S/C19H13F6N3OS/c1-10-3-6-12(7-4-10)30-17-14(19(23,24)25)16(29-2)27-15(28-17)11-5-8-13(26-9-11)18(20,21)22/h3-9H,1-2H3. The van der Waals surface area contributed by atoms with Gasteiger partial charge in [-0.3, -0.25) is 4.98 Å². The Morgan fingerprint density at radius 2 is 1.53 bits per heavy atom. The van der Waals surface area contributed by atoms with Crippen LogP contribution in [0.15, 0.2) is 52.5 Å². The van der Waals surface area contributed by atoms with Gasteiger partial charge in [0.15, 0.2) is 11.4 Å². The van der Waals surface area contributed by atoms with Gasteiger partial charge in [0.2, 0.25) is 5.88 Å². The molecule has 3 rings (SSSR count). The Bertz CT molecular complexity index is 1030. The molecule has 0 aliphatic rings. The van der Waals surface area contributed by atoms with Crippen LogP contribution in [0.4, 0.5) is 26.3 Å². The molecule has 0 spiro atoms. The van der Waals surface area contributed by atoms with E-state index in [0.717, 1.165) is 36.7 Å². The third-order valence-corrected chi connectivity index (χ3v) is 4.86. The topological polar surface area (TPSA) is 47.9 Å². The molecule has 4 nitrogen and oxygen atoms in total. The molecule has 158 valence electrons. The van der Waals surface area contributed by atoms with Gasteiger partial charge in [-0.05, 0) is 31.2 Å². The maximum atomic E-state index is 13.7. The zero-order valence-electron chi connectivity index (χ0n) is 15.5. The van der Waals surface area contributed by atoms with Crippen molar-refractivity contribution >= 4 is 11.8 Å². The van der Waals surface area contributed by atoms with Crippen LogP contribution in [0.5, 0.6) is 5.88 Å². The van der Waals surface area contributed by atoms with Crippen molar-refractivity contribution in [1.29, 1.82) is 0 Å². The molecule has 1 aromatic carbocycles. The van der Waals surface area contributed by atoms with Gasteiger partial charge >= 0.3 is 12.4 Å². The number of halogens is 6. The van der Waals surface area contributed by atoms with Gasteiger partial charge < -0.3 is 4.74 Å². The Hall–Kier alpha value is -2.82. The molecule has 2 heterocycles. The van der Waals surface area contributed by atoms with Crippen LogP contribution in [-0.2, 0) is 12.4 Å². The van der Waals surface area contributed by atoms with Crippen LogP contribution in [0.2, 0.25) is 0 Å². The number of hydrogen-bond acceptors (Lipinski definition) is 5. The summed E-state index contributed by atoms with van der Waals surface area (Å²) < 4.78 is 84.0. The normalized spacial score (nSPS) is 12.1. The van der Waals surface area contributed by atoms with Crippen LogP contribution in [0, 0.1) is 6.92 Å². The lowest BCUT2D eigenvalue weighted by Crippen LogP contribution is -2.13. The maximum absolute atomic E-state index is 13.7. The summed E-state index contributed by atoms with van der Waals surface area (Å²) in [5, 5.41) is -0.437. The fourth-order valence-corrected chi connectivity index (χ4v) is 3.36. The Labute approximate surface area is 171 Å². The lowest BCUT2D eigenvalue weighted by molar-refractivity contribution is -0.142. The minimum atomic E-state index is -4.81. The van der Waals surface area contributed by atoms with E-state index >= 15 is 0 Å². The first-order chi connectivity index (χ1) is 14.0. The predicted octanol–water partition coefficient (Wildman–Crippen LogP) is 6.04. The molecule has 0 aliphatic carbocycles. The fraction of sp³-hybridized carbons (Fsp3) is 0.211. The molecule has 30 heavy (non-hydrogen) atoms. The van der Waals surface area contributed by atoms with Gasteiger partial charge in [0.1, 0.15) is 10.7 Å². The summed E-state index contributed by atoms with van der Waals surface area (Å²) in [7, 11) is 1.02. The summed E-state index contributed by atoms with van der Waals surface area (Å²) in [6, 6.07) is 8.47. The Morgan fingerprint density at radius 1 is 0.867 bits per heavy atom. The molecular formula is C19H13F6N3OS. The Balaban J connectivity index is 2.12. The van der Waals surface area contributed by atoms with Crippen molar-refractivity contribution in [2.45, 2.75) is 29.2 Å². The first-order valence-electron chi connectivity index (χ1n) is 8.30. The molecular weight excluding hydrogens is 432 g/mol. The minimum absolute atomic E-state index is 0.0146. The fourth-order valence-electron chi connectivity index (χ4n) is 2.43. The van der Waals surface area contributed by atoms with Crippen LogP contribution in [0.25, 0.3) is 11.4 Å². The molecule has 2 aromatic heterocycles. The Morgan fingerprint density at radius 3 is 2.03 bits per heavy atom. The molecule has 0 unspecified atom stereocenters. The lowest BCUT2D eigenvalue weighted by atomic mass is 10.2. The smallest absolute Gasteiger partial charge is 0.433 e. The second-order valence-electron chi connectivity index (χ2n) is 6.08. The zero-order valence-corrected chi connectivity index (χ0v) is 16.3. The molecule has 3 aromatic rings. The molecule has 0 saturated heterocycles. The second-order valence-corrected chi connectivity index (χ2v) is 7.14. The SMILES string of the molecule is COc1nc(-c2ccc(C(F)(F)F)nc2)nc(Sc2ccc(C)cc2)c1C(F)(F)F. The first kappa shape index (κ1) is 21.9. The van der Waals surface area contributed by atoms with Crippen LogP contribution in [0.1, 0.15) is 16.8 Å². The van der Waals surface area contributed by atoms with Gasteiger partial charge in [0.05, 0.1) is 7.11 Å². The van der Waals surface area contributed by atoms with E-state index in [2.05, 4.69) is 15.0 Å². The van der Waals surface area contributed by atoms with Gasteiger partial charge in [-0.2, -0.15) is 31.3 Å². The summed E-state index contributed by atoms with van der Waals surface area (Å²) >= 11 is 0.744. The predicted molar refractivity (Wildman–Crippen MR) is 97.1 cm³/mol. The van der Waals surface area contributed by atoms with Gasteiger partial charge in [0, 0.05) is 16.7 Å². The third kappa shape index (κ3) is 4.84. The average molecular weight is 445 g/mol. The molecule has 0 atom stereocenters. The summed E-state index contributed by atoms with van der Waals surface area (Å²) in [6.45, 7) is 1.83. The highest BCUT2D eigenvalue weighted by Gasteiger charge is 2.40. The van der Waals surface area contributed by atoms with E-state index in [1.54, 1.807) is 24.3 Å². The maximum Gasteiger partial charge on any atom is 0.433 e. The van der Waals surface area contributed by atoms with E-state index in [1.807, 2.05) is 6.92 Å². The number of hydrogen-bond donors (Lipinski definition) is 0. The van der Waals surface area contributed by atoms with Gasteiger partial charge in [-0.25, -0.2) is 4.98 Å². The number of aryl methyl sites for hydroxylation is 1. The largest absolute Gasteiger partial charge is 0.480 e. The quantitative estimate of drug-likeness (QED) is 0.362. The molecule has 0 fully saturated rings. The average Bonchev–Trinajstić information content (AvgIpc) is 2.67. The molecule has 0 saturated carbocycles. The van der Waals surface area contributed by atoms with Crippen molar-refractivity contribution in [2.75, 3.05) is 7.11 Å². The second kappa shape index (κ2) is 8.13. The number of methoxy groups -OCH3 is 1. The molecule has 11 heteroatoms. The summed E-state index contributed by atoms with van der Waals surface area (Å²) in [5.41, 5.74) is -1.37. The Kier molecular flexibility index (Phi) is 5.93. The molecule has 0 radical (unpaired) electrons. The molecule has 0 N–H and O–H groups in total. The van der Waals surface area contributed by atoms with E-state index in [1.165, 1.54) is 0 Å². The van der Waals surface area contributed by atoms with E-state index in [4.69, 9.17) is 4.74 Å². The number of nitrogens with zero attached hydrogens (tertiary/aromatic N) is 3. The number of aromatic nitrogens is 3. The van der Waals surface area contributed by atoms with Crippen LogP contribution in [-0.4, -0.2) is 22.1 Å². The van der Waals surface area contributed by atoms with Crippen molar-refractivity contribution in [3.05, 3.63) is 59.4 Å².